The molecule has 2 unspecified atom stereocenters. The first-order chi connectivity index (χ1) is 15.5. The van der Waals surface area contributed by atoms with Gasteiger partial charge in [-0.15, -0.1) is 0 Å². The molecule has 0 saturated carbocycles. The van der Waals surface area contributed by atoms with Crippen molar-refractivity contribution in [3.8, 4) is 0 Å². The van der Waals surface area contributed by atoms with Crippen molar-refractivity contribution in [3.05, 3.63) is 45.0 Å². The minimum absolute atomic E-state index is 0.198. The Labute approximate surface area is 190 Å². The van der Waals surface area contributed by atoms with Crippen LogP contribution in [0.1, 0.15) is 42.5 Å². The van der Waals surface area contributed by atoms with E-state index < -0.39 is 36.0 Å². The number of carboxylic acids is 1. The molecule has 2 heterocycles. The number of furan rings is 1. The van der Waals surface area contributed by atoms with Gasteiger partial charge in [-0.05, 0) is 43.9 Å². The number of carbonyl (C=O) groups is 3. The average molecular weight is 456 g/mol. The highest BCUT2D eigenvalue weighted by molar-refractivity contribution is 6.00. The van der Waals surface area contributed by atoms with Gasteiger partial charge in [0.05, 0.1) is 24.8 Å². The molecule has 3 rings (SSSR count). The summed E-state index contributed by atoms with van der Waals surface area (Å²) >= 11 is 0. The Balaban J connectivity index is 1.77. The minimum Gasteiger partial charge on any atom is -0.480 e. The van der Waals surface area contributed by atoms with Crippen molar-refractivity contribution in [2.45, 2.75) is 53.5 Å². The SMILES string of the molecule is CCC(C)C(NC(=O)CNC(=O)Cc1c(C)c2cc3c(C)coc3c(C)c2oc1=O)C(=O)O. The third-order valence-corrected chi connectivity index (χ3v) is 6.11. The summed E-state index contributed by atoms with van der Waals surface area (Å²) in [5, 5.41) is 15.7. The Morgan fingerprint density at radius 3 is 2.39 bits per heavy atom. The largest absolute Gasteiger partial charge is 0.480 e. The van der Waals surface area contributed by atoms with Gasteiger partial charge in [0.25, 0.3) is 0 Å². The molecule has 2 atom stereocenters. The molecular formula is C24H28N2O7. The normalized spacial score (nSPS) is 13.1. The summed E-state index contributed by atoms with van der Waals surface area (Å²) in [6, 6.07) is 0.838. The maximum absolute atomic E-state index is 12.6. The van der Waals surface area contributed by atoms with Crippen LogP contribution in [0.5, 0.6) is 0 Å². The Bertz CT molecular complexity index is 1300. The molecule has 9 heteroatoms. The summed E-state index contributed by atoms with van der Waals surface area (Å²) in [5.41, 5.74) is 2.90. The monoisotopic (exact) mass is 456 g/mol. The standard InChI is InChI=1S/C24H28N2O7/c1-6-11(2)20(23(29)30)26-19(28)9-25-18(27)8-17-13(4)16-7-15-12(3)10-32-21(15)14(5)22(16)33-24(17)31/h7,10-11,20H,6,8-9H2,1-5H3,(H,25,27)(H,26,28)(H,29,30). The van der Waals surface area contributed by atoms with Gasteiger partial charge in [-0.2, -0.15) is 0 Å². The number of benzene rings is 1. The number of aliphatic carboxylic acids is 1. The predicted octanol–water partition coefficient (Wildman–Crippen LogP) is 2.74. The van der Waals surface area contributed by atoms with Gasteiger partial charge in [-0.1, -0.05) is 20.3 Å². The zero-order valence-electron chi connectivity index (χ0n) is 19.3. The van der Waals surface area contributed by atoms with Gasteiger partial charge in [0, 0.05) is 16.3 Å². The van der Waals surface area contributed by atoms with Crippen LogP contribution in [0.3, 0.4) is 0 Å². The number of carbonyl (C=O) groups excluding carboxylic acids is 2. The van der Waals surface area contributed by atoms with Crippen LogP contribution in [-0.2, 0) is 20.8 Å². The van der Waals surface area contributed by atoms with E-state index in [1.807, 2.05) is 26.8 Å². The van der Waals surface area contributed by atoms with E-state index in [0.29, 0.717) is 34.1 Å². The van der Waals surface area contributed by atoms with Gasteiger partial charge in [-0.3, -0.25) is 9.59 Å². The van der Waals surface area contributed by atoms with Crippen LogP contribution >= 0.6 is 0 Å². The Morgan fingerprint density at radius 2 is 1.76 bits per heavy atom. The number of amides is 2. The van der Waals surface area contributed by atoms with E-state index in [9.17, 15) is 24.3 Å². The fraction of sp³-hybridized carbons (Fsp3) is 0.417. The fourth-order valence-corrected chi connectivity index (χ4v) is 3.83. The summed E-state index contributed by atoms with van der Waals surface area (Å²) in [4.78, 5) is 48.6. The maximum atomic E-state index is 12.6. The molecule has 3 aromatic rings. The quantitative estimate of drug-likeness (QED) is 0.443. The molecule has 3 N–H and O–H groups in total. The Kier molecular flexibility index (Phi) is 6.90. The van der Waals surface area contributed by atoms with Crippen LogP contribution < -0.4 is 16.3 Å². The van der Waals surface area contributed by atoms with Crippen LogP contribution in [0.15, 0.2) is 26.0 Å². The molecule has 0 aliphatic heterocycles. The van der Waals surface area contributed by atoms with Crippen molar-refractivity contribution >= 4 is 39.7 Å². The summed E-state index contributed by atoms with van der Waals surface area (Å²) in [6.45, 7) is 8.63. The highest BCUT2D eigenvalue weighted by Crippen LogP contribution is 2.32. The number of rotatable bonds is 8. The molecular weight excluding hydrogens is 428 g/mol. The third kappa shape index (κ3) is 4.76. The maximum Gasteiger partial charge on any atom is 0.340 e. The van der Waals surface area contributed by atoms with Crippen molar-refractivity contribution in [2.24, 2.45) is 5.92 Å². The predicted molar refractivity (Wildman–Crippen MR) is 122 cm³/mol. The number of aryl methyl sites for hydroxylation is 3. The van der Waals surface area contributed by atoms with E-state index >= 15 is 0 Å². The van der Waals surface area contributed by atoms with Gasteiger partial charge in [-0.25, -0.2) is 9.59 Å². The van der Waals surface area contributed by atoms with Crippen LogP contribution in [0.4, 0.5) is 0 Å². The van der Waals surface area contributed by atoms with Crippen LogP contribution in [0.25, 0.3) is 21.9 Å². The molecule has 0 aliphatic rings. The number of fused-ring (bicyclic) bond motifs is 2. The molecule has 2 aromatic heterocycles. The van der Waals surface area contributed by atoms with Crippen LogP contribution in [-0.4, -0.2) is 35.5 Å². The van der Waals surface area contributed by atoms with E-state index in [1.165, 1.54) is 0 Å². The van der Waals surface area contributed by atoms with Gasteiger partial charge in [0.1, 0.15) is 17.2 Å². The van der Waals surface area contributed by atoms with Gasteiger partial charge < -0.3 is 24.6 Å². The summed E-state index contributed by atoms with van der Waals surface area (Å²) in [5.74, 6) is -2.56. The second-order valence-corrected chi connectivity index (χ2v) is 8.39. The van der Waals surface area contributed by atoms with E-state index in [4.69, 9.17) is 8.83 Å². The highest BCUT2D eigenvalue weighted by Gasteiger charge is 2.25. The molecule has 0 radical (unpaired) electrons. The second kappa shape index (κ2) is 9.48. The number of hydrogen-bond acceptors (Lipinski definition) is 6. The molecule has 2 amide bonds. The molecule has 0 saturated heterocycles. The van der Waals surface area contributed by atoms with Gasteiger partial charge in [0.2, 0.25) is 11.8 Å². The molecule has 0 spiro atoms. The molecule has 1 aromatic carbocycles. The molecule has 9 nitrogen and oxygen atoms in total. The van der Waals surface area contributed by atoms with Crippen LogP contribution in [0.2, 0.25) is 0 Å². The first-order valence-electron chi connectivity index (χ1n) is 10.8. The first-order valence-corrected chi connectivity index (χ1v) is 10.8. The summed E-state index contributed by atoms with van der Waals surface area (Å²) in [7, 11) is 0. The van der Waals surface area contributed by atoms with Crippen molar-refractivity contribution < 1.29 is 28.3 Å². The lowest BCUT2D eigenvalue weighted by atomic mass is 9.99. The summed E-state index contributed by atoms with van der Waals surface area (Å²) in [6.07, 6.45) is 1.94. The fourth-order valence-electron chi connectivity index (χ4n) is 3.83. The third-order valence-electron chi connectivity index (χ3n) is 6.11. The van der Waals surface area contributed by atoms with Gasteiger partial charge >= 0.3 is 11.6 Å². The zero-order chi connectivity index (χ0) is 24.4. The average Bonchev–Trinajstić information content (AvgIpc) is 3.14. The number of carboxylic acid groups (broad SMARTS) is 1. The number of nitrogens with one attached hydrogen (secondary N) is 2. The molecule has 176 valence electrons. The van der Waals surface area contributed by atoms with Crippen molar-refractivity contribution in [3.63, 3.8) is 0 Å². The van der Waals surface area contributed by atoms with Crippen molar-refractivity contribution in [2.75, 3.05) is 6.54 Å². The van der Waals surface area contributed by atoms with Crippen molar-refractivity contribution in [1.29, 1.82) is 0 Å². The van der Waals surface area contributed by atoms with E-state index in [2.05, 4.69) is 10.6 Å². The lowest BCUT2D eigenvalue weighted by molar-refractivity contribution is -0.143. The topological polar surface area (TPSA) is 139 Å². The zero-order valence-corrected chi connectivity index (χ0v) is 19.3. The first kappa shape index (κ1) is 24.0. The van der Waals surface area contributed by atoms with E-state index in [1.54, 1.807) is 20.1 Å². The lowest BCUT2D eigenvalue weighted by Gasteiger charge is -2.20. The van der Waals surface area contributed by atoms with Crippen molar-refractivity contribution in [1.82, 2.24) is 10.6 Å². The van der Waals surface area contributed by atoms with Crippen LogP contribution in [0, 0.1) is 26.7 Å². The van der Waals surface area contributed by atoms with E-state index in [-0.39, 0.29) is 17.9 Å². The lowest BCUT2D eigenvalue weighted by Crippen LogP contribution is -2.48. The Morgan fingerprint density at radius 1 is 1.06 bits per heavy atom. The molecule has 0 aliphatic carbocycles. The smallest absolute Gasteiger partial charge is 0.340 e. The summed E-state index contributed by atoms with van der Waals surface area (Å²) < 4.78 is 11.1. The second-order valence-electron chi connectivity index (χ2n) is 8.39. The minimum atomic E-state index is -1.13. The highest BCUT2D eigenvalue weighted by atomic mass is 16.4. The van der Waals surface area contributed by atoms with Gasteiger partial charge in [0.15, 0.2) is 0 Å². The molecule has 0 bridgehead atoms. The van der Waals surface area contributed by atoms with E-state index in [0.717, 1.165) is 10.9 Å². The Hall–Kier alpha value is -3.62. The number of hydrogen-bond donors (Lipinski definition) is 3. The molecule has 33 heavy (non-hydrogen) atoms. The molecule has 0 fully saturated rings.